The first-order valence-electron chi connectivity index (χ1n) is 4.56. The van der Waals surface area contributed by atoms with Gasteiger partial charge in [0.15, 0.2) is 0 Å². The molecule has 0 spiro atoms. The highest BCUT2D eigenvalue weighted by atomic mass is 35.5. The Labute approximate surface area is 93.9 Å². The van der Waals surface area contributed by atoms with E-state index in [4.69, 9.17) is 16.3 Å². The van der Waals surface area contributed by atoms with Crippen molar-refractivity contribution in [1.82, 2.24) is 0 Å². The molecule has 1 aromatic rings. The second-order valence-corrected chi connectivity index (χ2v) is 3.47. The summed E-state index contributed by atoms with van der Waals surface area (Å²) >= 11 is 5.85. The van der Waals surface area contributed by atoms with E-state index in [0.717, 1.165) is 11.3 Å². The van der Waals surface area contributed by atoms with E-state index in [1.165, 1.54) is 7.11 Å². The zero-order valence-electron chi connectivity index (χ0n) is 8.75. The van der Waals surface area contributed by atoms with Crippen LogP contribution in [0.3, 0.4) is 0 Å². The fourth-order valence-corrected chi connectivity index (χ4v) is 1.48. The average Bonchev–Trinajstić information content (AvgIpc) is 2.26. The van der Waals surface area contributed by atoms with Crippen LogP contribution in [0.4, 0.5) is 0 Å². The first kappa shape index (κ1) is 11.9. The molecule has 4 heteroatoms. The molecular formula is C11H13ClO3. The summed E-state index contributed by atoms with van der Waals surface area (Å²) in [6, 6.07) is 5.33. The van der Waals surface area contributed by atoms with E-state index in [-0.39, 0.29) is 5.97 Å². The van der Waals surface area contributed by atoms with E-state index in [0.29, 0.717) is 17.9 Å². The van der Waals surface area contributed by atoms with E-state index < -0.39 is 0 Å². The van der Waals surface area contributed by atoms with Crippen molar-refractivity contribution in [2.24, 2.45) is 0 Å². The quantitative estimate of drug-likeness (QED) is 0.743. The molecule has 0 aliphatic carbocycles. The fraction of sp³-hybridized carbons (Fsp3) is 0.364. The Balaban J connectivity index is 2.74. The van der Waals surface area contributed by atoms with Crippen LogP contribution >= 0.6 is 11.6 Å². The lowest BCUT2D eigenvalue weighted by Gasteiger charge is -2.07. The van der Waals surface area contributed by atoms with Crippen molar-refractivity contribution in [1.29, 1.82) is 0 Å². The van der Waals surface area contributed by atoms with Crippen molar-refractivity contribution in [2.45, 2.75) is 12.8 Å². The first-order valence-corrected chi connectivity index (χ1v) is 4.94. The number of esters is 1. The molecule has 0 fully saturated rings. The number of carbonyl (C=O) groups excluding carboxylic acids is 1. The second kappa shape index (κ2) is 5.61. The number of ether oxygens (including phenoxy) is 2. The summed E-state index contributed by atoms with van der Waals surface area (Å²) in [5, 5.41) is 0.635. The topological polar surface area (TPSA) is 35.5 Å². The maximum absolute atomic E-state index is 11.0. The third kappa shape index (κ3) is 3.44. The van der Waals surface area contributed by atoms with Gasteiger partial charge in [0.2, 0.25) is 0 Å². The number of aryl methyl sites for hydroxylation is 1. The highest BCUT2D eigenvalue weighted by Gasteiger charge is 2.07. The van der Waals surface area contributed by atoms with Gasteiger partial charge in [-0.1, -0.05) is 11.6 Å². The molecule has 0 aliphatic heterocycles. The van der Waals surface area contributed by atoms with E-state index in [2.05, 4.69) is 4.74 Å². The summed E-state index contributed by atoms with van der Waals surface area (Å²) in [5.74, 6) is 0.500. The molecule has 0 bridgehead atoms. The fourth-order valence-electron chi connectivity index (χ4n) is 1.28. The van der Waals surface area contributed by atoms with Gasteiger partial charge in [-0.2, -0.15) is 0 Å². The van der Waals surface area contributed by atoms with Crippen LogP contribution in [0, 0.1) is 0 Å². The number of halogens is 1. The number of rotatable bonds is 4. The van der Waals surface area contributed by atoms with Crippen LogP contribution in [0.1, 0.15) is 12.0 Å². The molecule has 3 nitrogen and oxygen atoms in total. The van der Waals surface area contributed by atoms with Gasteiger partial charge in [-0.25, -0.2) is 0 Å². The highest BCUT2D eigenvalue weighted by Crippen LogP contribution is 2.23. The lowest BCUT2D eigenvalue weighted by atomic mass is 10.1. The van der Waals surface area contributed by atoms with E-state index in [9.17, 15) is 4.79 Å². The lowest BCUT2D eigenvalue weighted by molar-refractivity contribution is -0.140. The molecule has 82 valence electrons. The number of hydrogen-bond acceptors (Lipinski definition) is 3. The molecule has 0 amide bonds. The van der Waals surface area contributed by atoms with Crippen LogP contribution in [0.15, 0.2) is 18.2 Å². The summed E-state index contributed by atoms with van der Waals surface area (Å²) in [6.45, 7) is 0. The summed E-state index contributed by atoms with van der Waals surface area (Å²) in [4.78, 5) is 11.0. The normalized spacial score (nSPS) is 9.80. The third-order valence-corrected chi connectivity index (χ3v) is 2.30. The van der Waals surface area contributed by atoms with Crippen molar-refractivity contribution >= 4 is 17.6 Å². The molecule has 0 radical (unpaired) electrons. The molecule has 0 aliphatic rings. The van der Waals surface area contributed by atoms with Crippen LogP contribution in [-0.4, -0.2) is 20.2 Å². The number of hydrogen-bond donors (Lipinski definition) is 0. The molecule has 1 rings (SSSR count). The SMILES string of the molecule is COC(=O)CCc1cc(Cl)ccc1OC. The van der Waals surface area contributed by atoms with Crippen molar-refractivity contribution in [3.05, 3.63) is 28.8 Å². The second-order valence-electron chi connectivity index (χ2n) is 3.03. The molecule has 0 aromatic heterocycles. The summed E-state index contributed by atoms with van der Waals surface area (Å²) in [7, 11) is 2.96. The number of carbonyl (C=O) groups is 1. The Hall–Kier alpha value is -1.22. The minimum atomic E-state index is -0.239. The third-order valence-electron chi connectivity index (χ3n) is 2.07. The molecule has 0 saturated heterocycles. The van der Waals surface area contributed by atoms with Gasteiger partial charge in [0.25, 0.3) is 0 Å². The monoisotopic (exact) mass is 228 g/mol. The lowest BCUT2D eigenvalue weighted by Crippen LogP contribution is -2.02. The van der Waals surface area contributed by atoms with Gasteiger partial charge in [0, 0.05) is 11.4 Å². The first-order chi connectivity index (χ1) is 7.17. The van der Waals surface area contributed by atoms with Crippen molar-refractivity contribution < 1.29 is 14.3 Å². The standard InChI is InChI=1S/C11H13ClO3/c1-14-10-5-4-9(12)7-8(10)3-6-11(13)15-2/h4-5,7H,3,6H2,1-2H3. The minimum Gasteiger partial charge on any atom is -0.496 e. The van der Waals surface area contributed by atoms with Crippen LogP contribution < -0.4 is 4.74 Å². The molecule has 0 unspecified atom stereocenters. The summed E-state index contributed by atoms with van der Waals surface area (Å²) in [6.07, 6.45) is 0.892. The Morgan fingerprint density at radius 1 is 1.40 bits per heavy atom. The smallest absolute Gasteiger partial charge is 0.305 e. The Kier molecular flexibility index (Phi) is 4.43. The van der Waals surface area contributed by atoms with Crippen LogP contribution in [-0.2, 0) is 16.0 Å². The number of benzene rings is 1. The molecular weight excluding hydrogens is 216 g/mol. The van der Waals surface area contributed by atoms with Crippen molar-refractivity contribution in [3.8, 4) is 5.75 Å². The predicted octanol–water partition coefficient (Wildman–Crippen LogP) is 2.45. The van der Waals surface area contributed by atoms with Gasteiger partial charge < -0.3 is 9.47 Å². The van der Waals surface area contributed by atoms with Crippen molar-refractivity contribution in [3.63, 3.8) is 0 Å². The molecule has 0 atom stereocenters. The predicted molar refractivity (Wildman–Crippen MR) is 58.3 cm³/mol. The maximum Gasteiger partial charge on any atom is 0.305 e. The molecule has 0 saturated carbocycles. The van der Waals surface area contributed by atoms with Gasteiger partial charge in [0.05, 0.1) is 14.2 Å². The average molecular weight is 229 g/mol. The van der Waals surface area contributed by atoms with Gasteiger partial charge in [-0.3, -0.25) is 4.79 Å². The largest absolute Gasteiger partial charge is 0.496 e. The Morgan fingerprint density at radius 3 is 2.73 bits per heavy atom. The van der Waals surface area contributed by atoms with E-state index in [1.807, 2.05) is 0 Å². The Bertz CT molecular complexity index is 350. The summed E-state index contributed by atoms with van der Waals surface area (Å²) < 4.78 is 9.72. The number of methoxy groups -OCH3 is 2. The zero-order chi connectivity index (χ0) is 11.3. The Morgan fingerprint density at radius 2 is 2.13 bits per heavy atom. The zero-order valence-corrected chi connectivity index (χ0v) is 9.50. The van der Waals surface area contributed by atoms with E-state index >= 15 is 0 Å². The van der Waals surface area contributed by atoms with Crippen LogP contribution in [0.2, 0.25) is 5.02 Å². The molecule has 0 heterocycles. The van der Waals surface area contributed by atoms with Gasteiger partial charge in [0.1, 0.15) is 5.75 Å². The van der Waals surface area contributed by atoms with Crippen LogP contribution in [0.25, 0.3) is 0 Å². The molecule has 15 heavy (non-hydrogen) atoms. The van der Waals surface area contributed by atoms with Gasteiger partial charge in [-0.15, -0.1) is 0 Å². The minimum absolute atomic E-state index is 0.239. The van der Waals surface area contributed by atoms with E-state index in [1.54, 1.807) is 25.3 Å². The van der Waals surface area contributed by atoms with Crippen LogP contribution in [0.5, 0.6) is 5.75 Å². The highest BCUT2D eigenvalue weighted by molar-refractivity contribution is 6.30. The van der Waals surface area contributed by atoms with Gasteiger partial charge >= 0.3 is 5.97 Å². The summed E-state index contributed by atoms with van der Waals surface area (Å²) in [5.41, 5.74) is 0.912. The molecule has 0 N–H and O–H groups in total. The van der Waals surface area contributed by atoms with Gasteiger partial charge in [-0.05, 0) is 30.2 Å². The van der Waals surface area contributed by atoms with Crippen molar-refractivity contribution in [2.75, 3.05) is 14.2 Å². The maximum atomic E-state index is 11.0. The molecule has 1 aromatic carbocycles.